The Kier molecular flexibility index (Phi) is 3.94. The average Bonchev–Trinajstić information content (AvgIpc) is 2.47. The van der Waals surface area contributed by atoms with Gasteiger partial charge in [-0.05, 0) is 6.07 Å². The highest BCUT2D eigenvalue weighted by Gasteiger charge is 2.09. The third kappa shape index (κ3) is 3.10. The van der Waals surface area contributed by atoms with Gasteiger partial charge in [-0.3, -0.25) is 10.1 Å². The van der Waals surface area contributed by atoms with Gasteiger partial charge in [0.1, 0.15) is 0 Å². The summed E-state index contributed by atoms with van der Waals surface area (Å²) in [5, 5.41) is 13.6. The van der Waals surface area contributed by atoms with Crippen molar-refractivity contribution in [3.05, 3.63) is 40.4 Å². The van der Waals surface area contributed by atoms with Gasteiger partial charge in [0.25, 0.3) is 5.69 Å². The smallest absolute Gasteiger partial charge is 0.271 e. The van der Waals surface area contributed by atoms with E-state index in [1.54, 1.807) is 12.1 Å². The van der Waals surface area contributed by atoms with Crippen LogP contribution < -0.4 is 14.8 Å². The summed E-state index contributed by atoms with van der Waals surface area (Å²) in [6.45, 7) is 0. The lowest BCUT2D eigenvalue weighted by Gasteiger charge is -2.08. The number of nitrogens with zero attached hydrogens (tertiary/aromatic N) is 3. The van der Waals surface area contributed by atoms with Crippen LogP contribution in [0.2, 0.25) is 0 Å². The molecule has 0 fully saturated rings. The molecule has 0 aliphatic rings. The summed E-state index contributed by atoms with van der Waals surface area (Å²) in [6, 6.07) is 7.55. The standard InChI is InChI=1S/C12H12N4O4/c1-19-10-7-11(20-2)15-12(14-10)13-8-4-3-5-9(6-8)16(17)18/h3-7H,1-2H3,(H,13,14,15). The van der Waals surface area contributed by atoms with Gasteiger partial charge in [0.2, 0.25) is 17.7 Å². The molecule has 0 saturated carbocycles. The molecule has 0 aliphatic carbocycles. The van der Waals surface area contributed by atoms with Gasteiger partial charge in [0.05, 0.1) is 25.2 Å². The van der Waals surface area contributed by atoms with Gasteiger partial charge in [0.15, 0.2) is 0 Å². The van der Waals surface area contributed by atoms with Gasteiger partial charge in [0, 0.05) is 17.8 Å². The van der Waals surface area contributed by atoms with Crippen LogP contribution in [0.25, 0.3) is 0 Å². The zero-order valence-corrected chi connectivity index (χ0v) is 10.9. The predicted molar refractivity (Wildman–Crippen MR) is 71.5 cm³/mol. The van der Waals surface area contributed by atoms with Crippen LogP contribution in [0.4, 0.5) is 17.3 Å². The summed E-state index contributed by atoms with van der Waals surface area (Å²) in [5.74, 6) is 0.872. The minimum Gasteiger partial charge on any atom is -0.481 e. The lowest BCUT2D eigenvalue weighted by atomic mass is 10.3. The summed E-state index contributed by atoms with van der Waals surface area (Å²) >= 11 is 0. The van der Waals surface area contributed by atoms with Gasteiger partial charge in [-0.1, -0.05) is 6.07 Å². The molecule has 1 heterocycles. The maximum atomic E-state index is 10.7. The summed E-state index contributed by atoms with van der Waals surface area (Å²) < 4.78 is 10.0. The number of ether oxygens (including phenoxy) is 2. The first-order chi connectivity index (χ1) is 9.62. The van der Waals surface area contributed by atoms with Crippen LogP contribution in [-0.2, 0) is 0 Å². The molecule has 1 N–H and O–H groups in total. The van der Waals surface area contributed by atoms with E-state index >= 15 is 0 Å². The highest BCUT2D eigenvalue weighted by molar-refractivity contribution is 5.58. The van der Waals surface area contributed by atoms with Crippen LogP contribution >= 0.6 is 0 Å². The minimum atomic E-state index is -0.474. The van der Waals surface area contributed by atoms with Crippen LogP contribution in [0.3, 0.4) is 0 Å². The first-order valence-electron chi connectivity index (χ1n) is 5.61. The highest BCUT2D eigenvalue weighted by atomic mass is 16.6. The zero-order chi connectivity index (χ0) is 14.5. The quantitative estimate of drug-likeness (QED) is 0.659. The molecular weight excluding hydrogens is 264 g/mol. The van der Waals surface area contributed by atoms with E-state index < -0.39 is 4.92 Å². The number of nitrogens with one attached hydrogen (secondary N) is 1. The van der Waals surface area contributed by atoms with Gasteiger partial charge in [-0.15, -0.1) is 0 Å². The van der Waals surface area contributed by atoms with Crippen molar-refractivity contribution in [1.82, 2.24) is 9.97 Å². The fourth-order valence-corrected chi connectivity index (χ4v) is 1.50. The van der Waals surface area contributed by atoms with Crippen LogP contribution in [0.5, 0.6) is 11.8 Å². The topological polar surface area (TPSA) is 99.4 Å². The number of methoxy groups -OCH3 is 2. The van der Waals surface area contributed by atoms with Crippen molar-refractivity contribution in [1.29, 1.82) is 0 Å². The lowest BCUT2D eigenvalue weighted by Crippen LogP contribution is -2.01. The molecule has 8 heteroatoms. The third-order valence-corrected chi connectivity index (χ3v) is 2.41. The average molecular weight is 276 g/mol. The molecule has 0 unspecified atom stereocenters. The third-order valence-electron chi connectivity index (χ3n) is 2.41. The van der Waals surface area contributed by atoms with Crippen molar-refractivity contribution >= 4 is 17.3 Å². The predicted octanol–water partition coefficient (Wildman–Crippen LogP) is 2.15. The number of rotatable bonds is 5. The molecule has 8 nitrogen and oxygen atoms in total. The van der Waals surface area contributed by atoms with E-state index in [1.165, 1.54) is 32.4 Å². The Hall–Kier alpha value is -2.90. The molecule has 0 amide bonds. The number of nitro groups is 1. The second-order valence-electron chi connectivity index (χ2n) is 3.71. The maximum Gasteiger partial charge on any atom is 0.271 e. The maximum absolute atomic E-state index is 10.7. The summed E-state index contributed by atoms with van der Waals surface area (Å²) in [6.07, 6.45) is 0. The van der Waals surface area contributed by atoms with Crippen LogP contribution in [0, 0.1) is 10.1 Å². The van der Waals surface area contributed by atoms with E-state index in [0.29, 0.717) is 17.4 Å². The number of non-ortho nitro benzene ring substituents is 1. The normalized spacial score (nSPS) is 9.90. The molecular formula is C12H12N4O4. The Bertz CT molecular complexity index is 610. The summed E-state index contributed by atoms with van der Waals surface area (Å²) in [5.41, 5.74) is 0.472. The summed E-state index contributed by atoms with van der Waals surface area (Å²) in [7, 11) is 2.94. The first-order valence-corrected chi connectivity index (χ1v) is 5.61. The number of hydrogen-bond acceptors (Lipinski definition) is 7. The molecule has 20 heavy (non-hydrogen) atoms. The van der Waals surface area contributed by atoms with Crippen molar-refractivity contribution < 1.29 is 14.4 Å². The monoisotopic (exact) mass is 276 g/mol. The van der Waals surface area contributed by atoms with Crippen LogP contribution in [-0.4, -0.2) is 29.1 Å². The fraction of sp³-hybridized carbons (Fsp3) is 0.167. The Labute approximate surface area is 114 Å². The molecule has 0 aliphatic heterocycles. The SMILES string of the molecule is COc1cc(OC)nc(Nc2cccc([N+](=O)[O-])c2)n1. The molecule has 1 aromatic carbocycles. The Morgan fingerprint density at radius 2 is 1.80 bits per heavy atom. The number of hydrogen-bond donors (Lipinski definition) is 1. The highest BCUT2D eigenvalue weighted by Crippen LogP contribution is 2.22. The molecule has 0 radical (unpaired) electrons. The van der Waals surface area contributed by atoms with Crippen molar-refractivity contribution in [3.8, 4) is 11.8 Å². The number of anilines is 2. The first kappa shape index (κ1) is 13.5. The van der Waals surface area contributed by atoms with Crippen molar-refractivity contribution in [2.75, 3.05) is 19.5 Å². The van der Waals surface area contributed by atoms with Crippen LogP contribution in [0.1, 0.15) is 0 Å². The Morgan fingerprint density at radius 1 is 1.15 bits per heavy atom. The zero-order valence-electron chi connectivity index (χ0n) is 10.9. The number of benzene rings is 1. The molecule has 0 saturated heterocycles. The van der Waals surface area contributed by atoms with Gasteiger partial charge < -0.3 is 14.8 Å². The number of nitro benzene ring substituents is 1. The van der Waals surface area contributed by atoms with Gasteiger partial charge >= 0.3 is 0 Å². The molecule has 2 rings (SSSR count). The summed E-state index contributed by atoms with van der Waals surface area (Å²) in [4.78, 5) is 18.4. The molecule has 0 bridgehead atoms. The molecule has 0 spiro atoms. The molecule has 1 aromatic heterocycles. The van der Waals surface area contributed by atoms with E-state index in [0.717, 1.165) is 0 Å². The number of aromatic nitrogens is 2. The lowest BCUT2D eigenvalue weighted by molar-refractivity contribution is -0.384. The van der Waals surface area contributed by atoms with E-state index in [1.807, 2.05) is 0 Å². The van der Waals surface area contributed by atoms with E-state index in [4.69, 9.17) is 9.47 Å². The van der Waals surface area contributed by atoms with Crippen molar-refractivity contribution in [3.63, 3.8) is 0 Å². The van der Waals surface area contributed by atoms with Crippen molar-refractivity contribution in [2.45, 2.75) is 0 Å². The van der Waals surface area contributed by atoms with Gasteiger partial charge in [-0.2, -0.15) is 9.97 Å². The molecule has 104 valence electrons. The molecule has 2 aromatic rings. The van der Waals surface area contributed by atoms with E-state index in [-0.39, 0.29) is 11.6 Å². The van der Waals surface area contributed by atoms with Crippen molar-refractivity contribution in [2.24, 2.45) is 0 Å². The van der Waals surface area contributed by atoms with E-state index in [9.17, 15) is 10.1 Å². The van der Waals surface area contributed by atoms with Crippen LogP contribution in [0.15, 0.2) is 30.3 Å². The second kappa shape index (κ2) is 5.83. The fourth-order valence-electron chi connectivity index (χ4n) is 1.50. The largest absolute Gasteiger partial charge is 0.481 e. The Morgan fingerprint density at radius 3 is 2.35 bits per heavy atom. The Balaban J connectivity index is 2.29. The second-order valence-corrected chi connectivity index (χ2v) is 3.71. The minimum absolute atomic E-state index is 0.0233. The van der Waals surface area contributed by atoms with Gasteiger partial charge in [-0.25, -0.2) is 0 Å². The molecule has 0 atom stereocenters. The van der Waals surface area contributed by atoms with E-state index in [2.05, 4.69) is 15.3 Å².